The van der Waals surface area contributed by atoms with Crippen LogP contribution in [0.25, 0.3) is 0 Å². The lowest BCUT2D eigenvalue weighted by atomic mass is 10.1. The summed E-state index contributed by atoms with van der Waals surface area (Å²) in [5.41, 5.74) is 2.40. The first-order valence-corrected chi connectivity index (χ1v) is 4.68. The molecule has 1 aromatic heterocycles. The highest BCUT2D eigenvalue weighted by molar-refractivity contribution is 5.16. The second-order valence-electron chi connectivity index (χ2n) is 3.49. The zero-order chi connectivity index (χ0) is 9.68. The Hall–Kier alpha value is -0.890. The van der Waals surface area contributed by atoms with Gasteiger partial charge >= 0.3 is 0 Å². The van der Waals surface area contributed by atoms with E-state index in [1.54, 1.807) is 7.11 Å². The molecule has 0 aliphatic carbocycles. The SMILES string of the molecule is COCCc1ccc(C(C)C)nc1. The molecular formula is C11H17NO. The molecule has 0 bridgehead atoms. The molecule has 1 rings (SSSR count). The van der Waals surface area contributed by atoms with E-state index < -0.39 is 0 Å². The molecule has 2 nitrogen and oxygen atoms in total. The van der Waals surface area contributed by atoms with E-state index in [4.69, 9.17) is 4.74 Å². The Labute approximate surface area is 80.0 Å². The van der Waals surface area contributed by atoms with Gasteiger partial charge in [-0.2, -0.15) is 0 Å². The standard InChI is InChI=1S/C11H17NO/c1-9(2)11-5-4-10(8-12-11)6-7-13-3/h4-5,8-9H,6-7H2,1-3H3. The Morgan fingerprint density at radius 1 is 1.38 bits per heavy atom. The Kier molecular flexibility index (Phi) is 3.90. The van der Waals surface area contributed by atoms with Gasteiger partial charge in [0.25, 0.3) is 0 Å². The lowest BCUT2D eigenvalue weighted by Gasteiger charge is -2.05. The van der Waals surface area contributed by atoms with Crippen molar-refractivity contribution in [2.24, 2.45) is 0 Å². The first-order valence-electron chi connectivity index (χ1n) is 4.68. The number of methoxy groups -OCH3 is 1. The molecule has 0 unspecified atom stereocenters. The Balaban J connectivity index is 2.59. The molecule has 0 N–H and O–H groups in total. The summed E-state index contributed by atoms with van der Waals surface area (Å²) in [6.45, 7) is 5.07. The van der Waals surface area contributed by atoms with Crippen molar-refractivity contribution in [2.45, 2.75) is 26.2 Å². The van der Waals surface area contributed by atoms with Gasteiger partial charge in [-0.15, -0.1) is 0 Å². The summed E-state index contributed by atoms with van der Waals surface area (Å²) >= 11 is 0. The van der Waals surface area contributed by atoms with Gasteiger partial charge in [-0.05, 0) is 24.0 Å². The maximum absolute atomic E-state index is 5.00. The molecule has 2 heteroatoms. The van der Waals surface area contributed by atoms with Crippen LogP contribution in [0, 0.1) is 0 Å². The third kappa shape index (κ3) is 3.15. The van der Waals surface area contributed by atoms with Gasteiger partial charge in [0.15, 0.2) is 0 Å². The predicted octanol–water partition coefficient (Wildman–Crippen LogP) is 2.39. The Morgan fingerprint density at radius 3 is 2.62 bits per heavy atom. The molecule has 0 aromatic carbocycles. The highest BCUT2D eigenvalue weighted by Gasteiger charge is 1.99. The predicted molar refractivity (Wildman–Crippen MR) is 53.9 cm³/mol. The summed E-state index contributed by atoms with van der Waals surface area (Å²) in [6.07, 6.45) is 2.89. The fraction of sp³-hybridized carbons (Fsp3) is 0.545. The summed E-state index contributed by atoms with van der Waals surface area (Å²) in [6, 6.07) is 4.22. The maximum Gasteiger partial charge on any atom is 0.0503 e. The van der Waals surface area contributed by atoms with E-state index in [-0.39, 0.29) is 0 Å². The van der Waals surface area contributed by atoms with Crippen molar-refractivity contribution >= 4 is 0 Å². The van der Waals surface area contributed by atoms with Crippen LogP contribution >= 0.6 is 0 Å². The molecule has 0 saturated heterocycles. The lowest BCUT2D eigenvalue weighted by molar-refractivity contribution is 0.202. The van der Waals surface area contributed by atoms with E-state index in [0.717, 1.165) is 18.7 Å². The molecule has 0 spiro atoms. The highest BCUT2D eigenvalue weighted by Crippen LogP contribution is 2.11. The van der Waals surface area contributed by atoms with Crippen molar-refractivity contribution < 1.29 is 4.74 Å². The van der Waals surface area contributed by atoms with Crippen molar-refractivity contribution in [1.29, 1.82) is 0 Å². The second kappa shape index (κ2) is 4.97. The van der Waals surface area contributed by atoms with E-state index in [0.29, 0.717) is 5.92 Å². The van der Waals surface area contributed by atoms with Gasteiger partial charge in [0.05, 0.1) is 6.61 Å². The van der Waals surface area contributed by atoms with Crippen molar-refractivity contribution in [3.63, 3.8) is 0 Å². The topological polar surface area (TPSA) is 22.1 Å². The first kappa shape index (κ1) is 10.2. The number of nitrogens with zero attached hydrogens (tertiary/aromatic N) is 1. The van der Waals surface area contributed by atoms with Gasteiger partial charge < -0.3 is 4.74 Å². The lowest BCUT2D eigenvalue weighted by Crippen LogP contribution is -1.97. The maximum atomic E-state index is 5.00. The van der Waals surface area contributed by atoms with Crippen LogP contribution in [0.4, 0.5) is 0 Å². The van der Waals surface area contributed by atoms with Gasteiger partial charge in [0.2, 0.25) is 0 Å². The molecule has 0 aliphatic heterocycles. The zero-order valence-electron chi connectivity index (χ0n) is 8.58. The minimum atomic E-state index is 0.511. The number of hydrogen-bond donors (Lipinski definition) is 0. The van der Waals surface area contributed by atoms with Crippen LogP contribution in [0.15, 0.2) is 18.3 Å². The van der Waals surface area contributed by atoms with Gasteiger partial charge in [0.1, 0.15) is 0 Å². The van der Waals surface area contributed by atoms with Crippen LogP contribution in [0.3, 0.4) is 0 Å². The van der Waals surface area contributed by atoms with Crippen LogP contribution in [0.2, 0.25) is 0 Å². The highest BCUT2D eigenvalue weighted by atomic mass is 16.5. The summed E-state index contributed by atoms with van der Waals surface area (Å²) in [5.74, 6) is 0.511. The van der Waals surface area contributed by atoms with Gasteiger partial charge in [0, 0.05) is 19.0 Å². The molecule has 72 valence electrons. The number of rotatable bonds is 4. The average molecular weight is 179 g/mol. The molecule has 0 aliphatic rings. The van der Waals surface area contributed by atoms with Crippen molar-refractivity contribution in [1.82, 2.24) is 4.98 Å². The molecule has 1 heterocycles. The van der Waals surface area contributed by atoms with E-state index in [1.807, 2.05) is 6.20 Å². The van der Waals surface area contributed by atoms with E-state index in [1.165, 1.54) is 5.56 Å². The first-order chi connectivity index (χ1) is 6.24. The van der Waals surface area contributed by atoms with Gasteiger partial charge in [-0.1, -0.05) is 19.9 Å². The van der Waals surface area contributed by atoms with Crippen molar-refractivity contribution in [3.05, 3.63) is 29.6 Å². The molecular weight excluding hydrogens is 162 g/mol. The fourth-order valence-electron chi connectivity index (χ4n) is 1.15. The molecule has 0 amide bonds. The minimum absolute atomic E-state index is 0.511. The summed E-state index contributed by atoms with van der Waals surface area (Å²) in [4.78, 5) is 4.38. The summed E-state index contributed by atoms with van der Waals surface area (Å²) in [5, 5.41) is 0. The normalized spacial score (nSPS) is 10.8. The molecule has 0 fully saturated rings. The number of pyridine rings is 1. The van der Waals surface area contributed by atoms with E-state index >= 15 is 0 Å². The number of hydrogen-bond acceptors (Lipinski definition) is 2. The Bertz CT molecular complexity index is 241. The molecule has 0 atom stereocenters. The smallest absolute Gasteiger partial charge is 0.0503 e. The third-order valence-electron chi connectivity index (χ3n) is 2.03. The molecule has 0 radical (unpaired) electrons. The van der Waals surface area contributed by atoms with E-state index in [2.05, 4.69) is 31.0 Å². The van der Waals surface area contributed by atoms with Gasteiger partial charge in [-0.25, -0.2) is 0 Å². The minimum Gasteiger partial charge on any atom is -0.384 e. The van der Waals surface area contributed by atoms with Crippen LogP contribution in [0.5, 0.6) is 0 Å². The third-order valence-corrected chi connectivity index (χ3v) is 2.03. The van der Waals surface area contributed by atoms with Crippen LogP contribution < -0.4 is 0 Å². The van der Waals surface area contributed by atoms with Gasteiger partial charge in [-0.3, -0.25) is 4.98 Å². The second-order valence-corrected chi connectivity index (χ2v) is 3.49. The molecule has 13 heavy (non-hydrogen) atoms. The summed E-state index contributed by atoms with van der Waals surface area (Å²) < 4.78 is 5.00. The molecule has 1 aromatic rings. The quantitative estimate of drug-likeness (QED) is 0.708. The average Bonchev–Trinajstić information content (AvgIpc) is 2.15. The van der Waals surface area contributed by atoms with Crippen LogP contribution in [0.1, 0.15) is 31.0 Å². The Morgan fingerprint density at radius 2 is 2.15 bits per heavy atom. The van der Waals surface area contributed by atoms with E-state index in [9.17, 15) is 0 Å². The van der Waals surface area contributed by atoms with Crippen molar-refractivity contribution in [2.75, 3.05) is 13.7 Å². The number of ether oxygens (including phenoxy) is 1. The summed E-state index contributed by atoms with van der Waals surface area (Å²) in [7, 11) is 1.72. The molecule has 0 saturated carbocycles. The number of aromatic nitrogens is 1. The van der Waals surface area contributed by atoms with Crippen molar-refractivity contribution in [3.8, 4) is 0 Å². The fourth-order valence-corrected chi connectivity index (χ4v) is 1.15. The van der Waals surface area contributed by atoms with Crippen LogP contribution in [-0.4, -0.2) is 18.7 Å². The van der Waals surface area contributed by atoms with Crippen LogP contribution in [-0.2, 0) is 11.2 Å². The largest absolute Gasteiger partial charge is 0.384 e. The monoisotopic (exact) mass is 179 g/mol. The zero-order valence-corrected chi connectivity index (χ0v) is 8.58.